The Morgan fingerprint density at radius 2 is 2.24 bits per heavy atom. The van der Waals surface area contributed by atoms with E-state index in [1.54, 1.807) is 18.9 Å². The van der Waals surface area contributed by atoms with Crippen LogP contribution in [-0.4, -0.2) is 51.4 Å². The number of ether oxygens (including phenoxy) is 1. The molecule has 1 aliphatic heterocycles. The normalized spacial score (nSPS) is 15.8. The Balaban J connectivity index is 1.92. The zero-order valence-electron chi connectivity index (χ0n) is 12.1. The molecule has 2 heterocycles. The minimum atomic E-state index is -0.455. The van der Waals surface area contributed by atoms with Gasteiger partial charge in [-0.15, -0.1) is 5.10 Å². The number of nitro groups is 1. The summed E-state index contributed by atoms with van der Waals surface area (Å²) < 4.78 is 6.36. The summed E-state index contributed by atoms with van der Waals surface area (Å²) in [6.07, 6.45) is 2.47. The number of anilines is 1. The first-order valence-electron chi connectivity index (χ1n) is 6.87. The Bertz CT molecular complexity index is 522. The van der Waals surface area contributed by atoms with Crippen LogP contribution in [0.5, 0.6) is 0 Å². The number of aryl methyl sites for hydroxylation is 1. The van der Waals surface area contributed by atoms with E-state index < -0.39 is 4.92 Å². The number of nitrogens with one attached hydrogen (secondary N) is 1. The number of hydrogen-bond acceptors (Lipinski definition) is 6. The van der Waals surface area contributed by atoms with Gasteiger partial charge in [-0.1, -0.05) is 0 Å². The van der Waals surface area contributed by atoms with Gasteiger partial charge in [-0.2, -0.15) is 0 Å². The summed E-state index contributed by atoms with van der Waals surface area (Å²) in [7, 11) is 1.64. The molecule has 0 radical (unpaired) electrons. The molecule has 0 spiro atoms. The molecule has 1 aromatic heterocycles. The zero-order valence-corrected chi connectivity index (χ0v) is 12.1. The lowest BCUT2D eigenvalue weighted by molar-refractivity contribution is -0.384. The van der Waals surface area contributed by atoms with E-state index in [4.69, 9.17) is 4.74 Å². The summed E-state index contributed by atoms with van der Waals surface area (Å²) in [5.41, 5.74) is -0.0367. The van der Waals surface area contributed by atoms with Crippen molar-refractivity contribution in [2.24, 2.45) is 7.05 Å². The molecule has 0 saturated carbocycles. The van der Waals surface area contributed by atoms with Gasteiger partial charge in [0.25, 0.3) is 0 Å². The number of nitrogens with zero attached hydrogens (tertiary/aromatic N) is 4. The van der Waals surface area contributed by atoms with Crippen LogP contribution in [-0.2, 0) is 11.8 Å². The predicted molar refractivity (Wildman–Crippen MR) is 75.1 cm³/mol. The van der Waals surface area contributed by atoms with Gasteiger partial charge in [-0.25, -0.2) is 4.79 Å². The summed E-state index contributed by atoms with van der Waals surface area (Å²) in [5, 5.41) is 18.1. The molecule has 1 saturated heterocycles. The summed E-state index contributed by atoms with van der Waals surface area (Å²) >= 11 is 0. The second kappa shape index (κ2) is 6.42. The largest absolute Gasteiger partial charge is 0.450 e. The van der Waals surface area contributed by atoms with Crippen LogP contribution in [0.1, 0.15) is 19.8 Å². The third kappa shape index (κ3) is 3.61. The van der Waals surface area contributed by atoms with Gasteiger partial charge in [0, 0.05) is 26.2 Å². The second-order valence-corrected chi connectivity index (χ2v) is 4.90. The molecular formula is C12H19N5O4. The Kier molecular flexibility index (Phi) is 4.61. The predicted octanol–water partition coefficient (Wildman–Crippen LogP) is 1.36. The molecule has 0 atom stereocenters. The van der Waals surface area contributed by atoms with Crippen LogP contribution >= 0.6 is 0 Å². The van der Waals surface area contributed by atoms with E-state index >= 15 is 0 Å². The van der Waals surface area contributed by atoms with E-state index in [0.717, 1.165) is 0 Å². The van der Waals surface area contributed by atoms with Crippen LogP contribution in [0, 0.1) is 10.1 Å². The van der Waals surface area contributed by atoms with Crippen molar-refractivity contribution in [2.75, 3.05) is 25.0 Å². The molecule has 1 N–H and O–H groups in total. The van der Waals surface area contributed by atoms with Gasteiger partial charge in [-0.3, -0.25) is 14.8 Å². The van der Waals surface area contributed by atoms with Crippen LogP contribution in [0.15, 0.2) is 6.20 Å². The van der Waals surface area contributed by atoms with Gasteiger partial charge in [0.1, 0.15) is 6.20 Å². The van der Waals surface area contributed by atoms with Crippen LogP contribution in [0.4, 0.5) is 16.3 Å². The van der Waals surface area contributed by atoms with Crippen molar-refractivity contribution in [1.29, 1.82) is 0 Å². The van der Waals surface area contributed by atoms with Crippen molar-refractivity contribution >= 4 is 17.6 Å². The highest BCUT2D eigenvalue weighted by molar-refractivity contribution is 5.67. The number of hydrogen-bond donors (Lipinski definition) is 1. The lowest BCUT2D eigenvalue weighted by Gasteiger charge is -2.31. The lowest BCUT2D eigenvalue weighted by atomic mass is 10.1. The highest BCUT2D eigenvalue weighted by Gasteiger charge is 2.26. The van der Waals surface area contributed by atoms with E-state index in [1.807, 2.05) is 0 Å². The van der Waals surface area contributed by atoms with Crippen LogP contribution < -0.4 is 5.32 Å². The number of likely N-dealkylation sites (tertiary alicyclic amines) is 1. The Labute approximate surface area is 122 Å². The summed E-state index contributed by atoms with van der Waals surface area (Å²) in [4.78, 5) is 23.7. The molecule has 9 nitrogen and oxygen atoms in total. The van der Waals surface area contributed by atoms with Crippen molar-refractivity contribution in [3.63, 3.8) is 0 Å². The maximum atomic E-state index is 11.6. The Hall–Kier alpha value is -2.32. The van der Waals surface area contributed by atoms with Crippen LogP contribution in [0.3, 0.4) is 0 Å². The quantitative estimate of drug-likeness (QED) is 0.665. The molecule has 116 valence electrons. The maximum Gasteiger partial charge on any atom is 0.409 e. The first-order chi connectivity index (χ1) is 10.0. The Morgan fingerprint density at radius 1 is 1.57 bits per heavy atom. The summed E-state index contributed by atoms with van der Waals surface area (Å²) in [6, 6.07) is 0.0595. The van der Waals surface area contributed by atoms with Gasteiger partial charge < -0.3 is 15.0 Å². The molecule has 0 aliphatic carbocycles. The highest BCUT2D eigenvalue weighted by Crippen LogP contribution is 2.24. The molecule has 0 aromatic carbocycles. The molecule has 0 unspecified atom stereocenters. The van der Waals surface area contributed by atoms with Gasteiger partial charge in [0.2, 0.25) is 5.82 Å². The van der Waals surface area contributed by atoms with Crippen molar-refractivity contribution in [3.8, 4) is 0 Å². The van der Waals surface area contributed by atoms with Crippen molar-refractivity contribution in [3.05, 3.63) is 16.3 Å². The third-order valence-corrected chi connectivity index (χ3v) is 3.37. The number of amides is 1. The molecule has 1 fully saturated rings. The molecule has 1 amide bonds. The maximum absolute atomic E-state index is 11.6. The van der Waals surface area contributed by atoms with Crippen LogP contribution in [0.25, 0.3) is 0 Å². The van der Waals surface area contributed by atoms with E-state index in [9.17, 15) is 14.9 Å². The van der Waals surface area contributed by atoms with Crippen LogP contribution in [0.2, 0.25) is 0 Å². The Morgan fingerprint density at radius 3 is 2.81 bits per heavy atom. The average molecular weight is 297 g/mol. The SMILES string of the molecule is CCOC(=O)N1CCC(Nc2nn(C)cc2[N+](=O)[O-])CC1. The zero-order chi connectivity index (χ0) is 15.4. The lowest BCUT2D eigenvalue weighted by Crippen LogP contribution is -2.42. The first-order valence-corrected chi connectivity index (χ1v) is 6.87. The minimum absolute atomic E-state index is 0.0367. The number of rotatable bonds is 4. The average Bonchev–Trinajstić information content (AvgIpc) is 2.81. The minimum Gasteiger partial charge on any atom is -0.450 e. The first kappa shape index (κ1) is 15.1. The van der Waals surface area contributed by atoms with E-state index in [-0.39, 0.29) is 23.6 Å². The molecule has 21 heavy (non-hydrogen) atoms. The molecule has 1 aromatic rings. The highest BCUT2D eigenvalue weighted by atomic mass is 16.6. The third-order valence-electron chi connectivity index (χ3n) is 3.37. The monoisotopic (exact) mass is 297 g/mol. The van der Waals surface area contributed by atoms with E-state index in [0.29, 0.717) is 32.5 Å². The van der Waals surface area contributed by atoms with E-state index in [1.165, 1.54) is 10.9 Å². The number of carbonyl (C=O) groups excluding carboxylic acids is 1. The number of aromatic nitrogens is 2. The standard InChI is InChI=1S/C12H19N5O4/c1-3-21-12(18)16-6-4-9(5-7-16)13-11-10(17(19)20)8-15(2)14-11/h8-9H,3-7H2,1-2H3,(H,13,14). The summed E-state index contributed by atoms with van der Waals surface area (Å²) in [5.74, 6) is 0.275. The van der Waals surface area contributed by atoms with Gasteiger partial charge >= 0.3 is 11.8 Å². The molecular weight excluding hydrogens is 278 g/mol. The van der Waals surface area contributed by atoms with E-state index in [2.05, 4.69) is 10.4 Å². The smallest absolute Gasteiger partial charge is 0.409 e. The topological polar surface area (TPSA) is 103 Å². The molecule has 1 aliphatic rings. The fourth-order valence-electron chi connectivity index (χ4n) is 2.33. The molecule has 2 rings (SSSR count). The van der Waals surface area contributed by atoms with Gasteiger partial charge in [-0.05, 0) is 19.8 Å². The number of carbonyl (C=O) groups is 1. The van der Waals surface area contributed by atoms with Crippen molar-refractivity contribution in [2.45, 2.75) is 25.8 Å². The fourth-order valence-corrected chi connectivity index (χ4v) is 2.33. The van der Waals surface area contributed by atoms with Gasteiger partial charge in [0.15, 0.2) is 0 Å². The summed E-state index contributed by atoms with van der Waals surface area (Å²) in [6.45, 7) is 3.26. The molecule has 0 bridgehead atoms. The van der Waals surface area contributed by atoms with Crippen molar-refractivity contribution < 1.29 is 14.5 Å². The van der Waals surface area contributed by atoms with Crippen molar-refractivity contribution in [1.82, 2.24) is 14.7 Å². The second-order valence-electron chi connectivity index (χ2n) is 4.90. The van der Waals surface area contributed by atoms with Gasteiger partial charge in [0.05, 0.1) is 11.5 Å². The molecule has 9 heteroatoms. The number of piperidine rings is 1. The fraction of sp³-hybridized carbons (Fsp3) is 0.667.